The summed E-state index contributed by atoms with van der Waals surface area (Å²) in [6.07, 6.45) is 0. The third kappa shape index (κ3) is 3.22. The Morgan fingerprint density at radius 3 is 2.40 bits per heavy atom. The lowest BCUT2D eigenvalue weighted by molar-refractivity contribution is 0.102. The Bertz CT molecular complexity index is 665. The third-order valence-corrected chi connectivity index (χ3v) is 4.42. The molecule has 1 amide bonds. The second-order valence-electron chi connectivity index (χ2n) is 4.54. The molecule has 5 heteroatoms. The molecular weight excluding hydrogens is 341 g/mol. The van der Waals surface area contributed by atoms with Gasteiger partial charge in [0.05, 0.1) is 5.56 Å². The van der Waals surface area contributed by atoms with Crippen LogP contribution in [-0.4, -0.2) is 5.91 Å². The van der Waals surface area contributed by atoms with E-state index in [0.717, 1.165) is 15.6 Å². The molecular formula is C15H13BrFNOS. The van der Waals surface area contributed by atoms with Gasteiger partial charge in [-0.25, -0.2) is 4.39 Å². The first-order valence-corrected chi connectivity index (χ1v) is 7.19. The van der Waals surface area contributed by atoms with E-state index in [0.29, 0.717) is 10.6 Å². The normalized spacial score (nSPS) is 10.4. The Morgan fingerprint density at radius 1 is 1.20 bits per heavy atom. The van der Waals surface area contributed by atoms with Gasteiger partial charge in [0.2, 0.25) is 0 Å². The van der Waals surface area contributed by atoms with Gasteiger partial charge in [-0.3, -0.25) is 4.79 Å². The predicted octanol–water partition coefficient (Wildman–Crippen LogP) is 4.75. The molecule has 0 heterocycles. The number of rotatable bonds is 2. The van der Waals surface area contributed by atoms with Crippen molar-refractivity contribution in [3.63, 3.8) is 0 Å². The molecule has 2 nitrogen and oxygen atoms in total. The maximum Gasteiger partial charge on any atom is 0.258 e. The van der Waals surface area contributed by atoms with Crippen molar-refractivity contribution in [2.75, 3.05) is 5.32 Å². The van der Waals surface area contributed by atoms with Crippen LogP contribution in [0, 0.1) is 19.7 Å². The van der Waals surface area contributed by atoms with Crippen LogP contribution < -0.4 is 5.32 Å². The van der Waals surface area contributed by atoms with Crippen molar-refractivity contribution in [3.05, 3.63) is 57.3 Å². The Kier molecular flexibility index (Phi) is 4.50. The second-order valence-corrected chi connectivity index (χ2v) is 5.85. The van der Waals surface area contributed by atoms with Crippen LogP contribution >= 0.6 is 28.6 Å². The van der Waals surface area contributed by atoms with E-state index in [1.165, 1.54) is 18.2 Å². The quantitative estimate of drug-likeness (QED) is 0.749. The van der Waals surface area contributed by atoms with E-state index in [2.05, 4.69) is 33.9 Å². The molecule has 1 N–H and O–H groups in total. The molecule has 0 radical (unpaired) electrons. The van der Waals surface area contributed by atoms with Gasteiger partial charge in [0.1, 0.15) is 5.82 Å². The standard InChI is InChI=1S/C15H13BrFNOS/c1-8-5-10(6-9(2)14(8)16)18-15(19)12-7-11(20)3-4-13(12)17/h3-7,20H,1-2H3,(H,18,19). The summed E-state index contributed by atoms with van der Waals surface area (Å²) in [7, 11) is 0. The average Bonchev–Trinajstić information content (AvgIpc) is 2.38. The summed E-state index contributed by atoms with van der Waals surface area (Å²) in [6.45, 7) is 3.86. The maximum atomic E-state index is 13.6. The van der Waals surface area contributed by atoms with Crippen molar-refractivity contribution < 1.29 is 9.18 Å². The largest absolute Gasteiger partial charge is 0.322 e. The zero-order valence-electron chi connectivity index (χ0n) is 11.0. The highest BCUT2D eigenvalue weighted by atomic mass is 79.9. The molecule has 0 saturated heterocycles. The number of hydrogen-bond donors (Lipinski definition) is 2. The highest BCUT2D eigenvalue weighted by Gasteiger charge is 2.13. The molecule has 2 aromatic rings. The first kappa shape index (κ1) is 15.1. The van der Waals surface area contributed by atoms with E-state index in [9.17, 15) is 9.18 Å². The van der Waals surface area contributed by atoms with Gasteiger partial charge in [0.25, 0.3) is 5.91 Å². The van der Waals surface area contributed by atoms with Crippen molar-refractivity contribution in [3.8, 4) is 0 Å². The number of benzene rings is 2. The minimum atomic E-state index is -0.564. The van der Waals surface area contributed by atoms with Crippen LogP contribution in [0.2, 0.25) is 0 Å². The lowest BCUT2D eigenvalue weighted by Crippen LogP contribution is -2.14. The summed E-state index contributed by atoms with van der Waals surface area (Å²) >= 11 is 7.58. The summed E-state index contributed by atoms with van der Waals surface area (Å²) in [5.74, 6) is -1.05. The lowest BCUT2D eigenvalue weighted by atomic mass is 10.1. The lowest BCUT2D eigenvalue weighted by Gasteiger charge is -2.10. The first-order chi connectivity index (χ1) is 9.38. The van der Waals surface area contributed by atoms with Crippen LogP contribution in [0.5, 0.6) is 0 Å². The van der Waals surface area contributed by atoms with Crippen LogP contribution in [0.25, 0.3) is 0 Å². The number of anilines is 1. The van der Waals surface area contributed by atoms with Gasteiger partial charge < -0.3 is 5.32 Å². The summed E-state index contributed by atoms with van der Waals surface area (Å²) in [6, 6.07) is 7.81. The van der Waals surface area contributed by atoms with E-state index in [1.54, 1.807) is 0 Å². The number of carbonyl (C=O) groups is 1. The molecule has 0 fully saturated rings. The Hall–Kier alpha value is -1.33. The van der Waals surface area contributed by atoms with Gasteiger partial charge in [-0.15, -0.1) is 12.6 Å². The summed E-state index contributed by atoms with van der Waals surface area (Å²) in [4.78, 5) is 12.6. The zero-order chi connectivity index (χ0) is 14.9. The molecule has 0 aliphatic rings. The topological polar surface area (TPSA) is 29.1 Å². The third-order valence-electron chi connectivity index (χ3n) is 2.89. The van der Waals surface area contributed by atoms with Crippen molar-refractivity contribution >= 4 is 40.2 Å². The Balaban J connectivity index is 2.30. The molecule has 104 valence electrons. The van der Waals surface area contributed by atoms with Crippen molar-refractivity contribution in [1.29, 1.82) is 0 Å². The summed E-state index contributed by atoms with van der Waals surface area (Å²) < 4.78 is 14.6. The van der Waals surface area contributed by atoms with E-state index in [4.69, 9.17) is 0 Å². The second kappa shape index (κ2) is 5.97. The SMILES string of the molecule is Cc1cc(NC(=O)c2cc(S)ccc2F)cc(C)c1Br. The van der Waals surface area contributed by atoms with Gasteiger partial charge in [-0.1, -0.05) is 15.9 Å². The fraction of sp³-hybridized carbons (Fsp3) is 0.133. The molecule has 0 aliphatic carbocycles. The molecule has 0 unspecified atom stereocenters. The first-order valence-electron chi connectivity index (χ1n) is 5.95. The number of halogens is 2. The van der Waals surface area contributed by atoms with Crippen LogP contribution in [-0.2, 0) is 0 Å². The smallest absolute Gasteiger partial charge is 0.258 e. The number of hydrogen-bond acceptors (Lipinski definition) is 2. The molecule has 0 saturated carbocycles. The molecule has 0 spiro atoms. The van der Waals surface area contributed by atoms with E-state index in [-0.39, 0.29) is 5.56 Å². The fourth-order valence-corrected chi connectivity index (χ4v) is 2.34. The van der Waals surface area contributed by atoms with Crippen molar-refractivity contribution in [1.82, 2.24) is 0 Å². The highest BCUT2D eigenvalue weighted by molar-refractivity contribution is 9.10. The van der Waals surface area contributed by atoms with Gasteiger partial charge in [-0.2, -0.15) is 0 Å². The van der Waals surface area contributed by atoms with E-state index < -0.39 is 11.7 Å². The average molecular weight is 354 g/mol. The van der Waals surface area contributed by atoms with E-state index >= 15 is 0 Å². The van der Waals surface area contributed by atoms with Gasteiger partial charge in [0.15, 0.2) is 0 Å². The number of carbonyl (C=O) groups excluding carboxylic acids is 1. The summed E-state index contributed by atoms with van der Waals surface area (Å²) in [5.41, 5.74) is 2.63. The van der Waals surface area contributed by atoms with Gasteiger partial charge in [0, 0.05) is 15.1 Å². The van der Waals surface area contributed by atoms with Gasteiger partial charge in [-0.05, 0) is 55.3 Å². The Morgan fingerprint density at radius 2 is 1.80 bits per heavy atom. The highest BCUT2D eigenvalue weighted by Crippen LogP contribution is 2.25. The van der Waals surface area contributed by atoms with Crippen LogP contribution in [0.15, 0.2) is 39.7 Å². The monoisotopic (exact) mass is 353 g/mol. The number of nitrogens with one attached hydrogen (secondary N) is 1. The van der Waals surface area contributed by atoms with Crippen molar-refractivity contribution in [2.24, 2.45) is 0 Å². The number of thiol groups is 1. The predicted molar refractivity (Wildman–Crippen MR) is 85.2 cm³/mol. The zero-order valence-corrected chi connectivity index (χ0v) is 13.5. The van der Waals surface area contributed by atoms with Gasteiger partial charge >= 0.3 is 0 Å². The minimum absolute atomic E-state index is 0.0178. The summed E-state index contributed by atoms with van der Waals surface area (Å²) in [5, 5.41) is 2.70. The number of amides is 1. The minimum Gasteiger partial charge on any atom is -0.322 e. The molecule has 2 aromatic carbocycles. The van der Waals surface area contributed by atoms with Crippen LogP contribution in [0.3, 0.4) is 0 Å². The van der Waals surface area contributed by atoms with Crippen LogP contribution in [0.4, 0.5) is 10.1 Å². The molecule has 0 atom stereocenters. The molecule has 0 bridgehead atoms. The van der Waals surface area contributed by atoms with Crippen molar-refractivity contribution in [2.45, 2.75) is 18.7 Å². The number of aryl methyl sites for hydroxylation is 2. The Labute approximate surface area is 130 Å². The maximum absolute atomic E-state index is 13.6. The molecule has 0 aliphatic heterocycles. The molecule has 20 heavy (non-hydrogen) atoms. The molecule has 0 aromatic heterocycles. The molecule has 2 rings (SSSR count). The van der Waals surface area contributed by atoms with E-state index in [1.807, 2.05) is 26.0 Å². The van der Waals surface area contributed by atoms with Crippen LogP contribution in [0.1, 0.15) is 21.5 Å². The fourth-order valence-electron chi connectivity index (χ4n) is 1.90.